The molecule has 5 rings (SSSR count). The Labute approximate surface area is 195 Å². The Balaban J connectivity index is 1.54. The minimum atomic E-state index is -2.95. The Bertz CT molecular complexity index is 1160. The Morgan fingerprint density at radius 2 is 1.97 bits per heavy atom. The molecule has 9 nitrogen and oxygen atoms in total. The quantitative estimate of drug-likeness (QED) is 0.335. The van der Waals surface area contributed by atoms with E-state index in [1.165, 1.54) is 22.6 Å². The highest BCUT2D eigenvalue weighted by molar-refractivity contribution is 7.99. The van der Waals surface area contributed by atoms with Crippen molar-refractivity contribution in [3.05, 3.63) is 53.6 Å². The van der Waals surface area contributed by atoms with Crippen LogP contribution in [0.4, 0.5) is 11.8 Å². The van der Waals surface area contributed by atoms with E-state index in [4.69, 9.17) is 20.4 Å². The first-order valence-corrected chi connectivity index (χ1v) is 11.8. The molecule has 174 valence electrons. The number of rotatable bonds is 6. The summed E-state index contributed by atoms with van der Waals surface area (Å²) in [5, 5.41) is 33.0. The molecule has 2 aromatic carbocycles. The van der Waals surface area contributed by atoms with Crippen LogP contribution in [0.25, 0.3) is 10.9 Å². The minimum absolute atomic E-state index is 0.0602. The number of fused-ring (bicyclic) bond motifs is 2. The zero-order valence-corrected chi connectivity index (χ0v) is 18.9. The van der Waals surface area contributed by atoms with Crippen LogP contribution in [0, 0.1) is 5.41 Å². The summed E-state index contributed by atoms with van der Waals surface area (Å²) < 4.78 is 5.37. The molecule has 33 heavy (non-hydrogen) atoms. The lowest BCUT2D eigenvalue weighted by molar-refractivity contribution is -0.323. The van der Waals surface area contributed by atoms with Crippen LogP contribution in [0.5, 0.6) is 0 Å². The molecule has 1 saturated heterocycles. The van der Waals surface area contributed by atoms with Gasteiger partial charge < -0.3 is 36.0 Å². The molecule has 0 saturated carbocycles. The van der Waals surface area contributed by atoms with E-state index < -0.39 is 5.97 Å². The fourth-order valence-corrected chi connectivity index (χ4v) is 5.08. The van der Waals surface area contributed by atoms with E-state index >= 15 is 0 Å². The van der Waals surface area contributed by atoms with Crippen molar-refractivity contribution in [3.63, 3.8) is 0 Å². The third-order valence-corrected chi connectivity index (χ3v) is 7.28. The van der Waals surface area contributed by atoms with Crippen LogP contribution in [0.1, 0.15) is 11.1 Å². The van der Waals surface area contributed by atoms with Crippen LogP contribution < -0.4 is 16.0 Å². The number of benzene rings is 2. The molecule has 0 atom stereocenters. The smallest absolute Gasteiger partial charge is 0.304 e. The summed E-state index contributed by atoms with van der Waals surface area (Å²) in [6.07, 6.45) is 0. The zero-order valence-electron chi connectivity index (χ0n) is 18.1. The fourth-order valence-electron chi connectivity index (χ4n) is 4.05. The van der Waals surface area contributed by atoms with Gasteiger partial charge in [-0.25, -0.2) is 4.98 Å². The third-order valence-electron chi connectivity index (χ3n) is 6.19. The van der Waals surface area contributed by atoms with Gasteiger partial charge in [0.05, 0.1) is 18.7 Å². The number of hydrogen-bond acceptors (Lipinski definition) is 10. The van der Waals surface area contributed by atoms with Crippen molar-refractivity contribution in [2.75, 3.05) is 48.8 Å². The first-order valence-electron chi connectivity index (χ1n) is 10.8. The van der Waals surface area contributed by atoms with Gasteiger partial charge in [-0.3, -0.25) is 0 Å². The van der Waals surface area contributed by atoms with Crippen molar-refractivity contribution in [2.45, 2.75) is 17.4 Å². The van der Waals surface area contributed by atoms with E-state index in [1.807, 2.05) is 17.8 Å². The van der Waals surface area contributed by atoms with Crippen LogP contribution in [0.15, 0.2) is 47.4 Å². The maximum absolute atomic E-state index is 9.67. The summed E-state index contributed by atoms with van der Waals surface area (Å²) >= 11 is 1.82. The predicted octanol–water partition coefficient (Wildman–Crippen LogP) is 1.22. The number of hydrogen-bond donors (Lipinski definition) is 5. The number of nitrogens with zero attached hydrogens (tertiary/aromatic N) is 3. The van der Waals surface area contributed by atoms with Gasteiger partial charge in [0, 0.05) is 53.2 Å². The second-order valence-electron chi connectivity index (χ2n) is 8.67. The van der Waals surface area contributed by atoms with Crippen molar-refractivity contribution in [1.29, 1.82) is 0 Å². The van der Waals surface area contributed by atoms with E-state index in [2.05, 4.69) is 28.4 Å². The Morgan fingerprint density at radius 1 is 1.15 bits per heavy atom. The second kappa shape index (κ2) is 8.71. The van der Waals surface area contributed by atoms with Crippen LogP contribution in [0.3, 0.4) is 0 Å². The third kappa shape index (κ3) is 4.50. The summed E-state index contributed by atoms with van der Waals surface area (Å²) in [6, 6.07) is 12.9. The van der Waals surface area contributed by atoms with E-state index in [0.29, 0.717) is 55.5 Å². The number of ether oxygens (including phenoxy) is 1. The number of nitrogens with two attached hydrogens (primary N) is 1. The number of aliphatic hydroxyl groups is 3. The normalized spacial score (nSPS) is 17.9. The summed E-state index contributed by atoms with van der Waals surface area (Å²) in [4.78, 5) is 13.0. The standard InChI is InChI=1S/C23H27N5O4S/c24-11-22(13-32-14-22)12-25-20-17-9-16(23(29,30)31)5-6-18(17)26-21(27-20)28-7-8-33-19-4-2-1-3-15(19)10-28/h1-6,9,29-31H,7-8,10-14,24H2,(H,25,26,27). The average Bonchev–Trinajstić information content (AvgIpc) is 3.00. The minimum Gasteiger partial charge on any atom is -0.380 e. The highest BCUT2D eigenvalue weighted by atomic mass is 32.2. The number of thioether (sulfide) groups is 1. The summed E-state index contributed by atoms with van der Waals surface area (Å²) in [7, 11) is 0. The predicted molar refractivity (Wildman–Crippen MR) is 127 cm³/mol. The van der Waals surface area contributed by atoms with Gasteiger partial charge in [0.2, 0.25) is 5.95 Å². The Hall–Kier alpha value is -2.47. The van der Waals surface area contributed by atoms with Crippen LogP contribution >= 0.6 is 11.8 Å². The lowest BCUT2D eigenvalue weighted by Crippen LogP contribution is -2.52. The first-order chi connectivity index (χ1) is 15.9. The van der Waals surface area contributed by atoms with Gasteiger partial charge in [0.1, 0.15) is 5.82 Å². The monoisotopic (exact) mass is 469 g/mol. The number of anilines is 2. The maximum atomic E-state index is 9.67. The second-order valence-corrected chi connectivity index (χ2v) is 9.80. The molecule has 0 amide bonds. The average molecular weight is 470 g/mol. The van der Waals surface area contributed by atoms with Crippen LogP contribution in [-0.4, -0.2) is 63.9 Å². The zero-order chi connectivity index (χ0) is 23.1. The van der Waals surface area contributed by atoms with Gasteiger partial charge in [-0.1, -0.05) is 18.2 Å². The molecule has 0 bridgehead atoms. The fraction of sp³-hybridized carbons (Fsp3) is 0.391. The number of aromatic nitrogens is 2. The van der Waals surface area contributed by atoms with Gasteiger partial charge >= 0.3 is 5.97 Å². The van der Waals surface area contributed by atoms with Crippen LogP contribution in [-0.2, 0) is 17.3 Å². The molecule has 1 fully saturated rings. The summed E-state index contributed by atoms with van der Waals surface area (Å²) in [6.45, 7) is 3.67. The van der Waals surface area contributed by atoms with Crippen molar-refractivity contribution in [3.8, 4) is 0 Å². The van der Waals surface area contributed by atoms with E-state index in [-0.39, 0.29) is 11.0 Å². The molecule has 0 unspecified atom stereocenters. The van der Waals surface area contributed by atoms with Crippen molar-refractivity contribution >= 4 is 34.4 Å². The molecule has 10 heteroatoms. The summed E-state index contributed by atoms with van der Waals surface area (Å²) in [5.41, 5.74) is 7.61. The molecule has 2 aliphatic rings. The first kappa shape index (κ1) is 22.3. The Morgan fingerprint density at radius 3 is 2.70 bits per heavy atom. The number of nitrogens with one attached hydrogen (secondary N) is 1. The SMILES string of the molecule is NCC1(CNc2nc(N3CCSc4ccccc4C3)nc3ccc(C(O)(O)O)cc23)COC1. The van der Waals surface area contributed by atoms with Gasteiger partial charge in [-0.15, -0.1) is 11.8 Å². The molecule has 0 radical (unpaired) electrons. The van der Waals surface area contributed by atoms with Crippen LogP contribution in [0.2, 0.25) is 0 Å². The van der Waals surface area contributed by atoms with E-state index in [1.54, 1.807) is 6.07 Å². The van der Waals surface area contributed by atoms with E-state index in [9.17, 15) is 15.3 Å². The Kier molecular flexibility index (Phi) is 5.89. The summed E-state index contributed by atoms with van der Waals surface area (Å²) in [5.74, 6) is -0.901. The molecule has 6 N–H and O–H groups in total. The van der Waals surface area contributed by atoms with Gasteiger partial charge in [0.15, 0.2) is 0 Å². The topological polar surface area (TPSA) is 137 Å². The van der Waals surface area contributed by atoms with Gasteiger partial charge in [0.25, 0.3) is 0 Å². The van der Waals surface area contributed by atoms with Crippen molar-refractivity contribution in [2.24, 2.45) is 11.1 Å². The molecular weight excluding hydrogens is 442 g/mol. The van der Waals surface area contributed by atoms with Crippen molar-refractivity contribution in [1.82, 2.24) is 9.97 Å². The molecule has 0 aliphatic carbocycles. The lowest BCUT2D eigenvalue weighted by atomic mass is 9.86. The largest absolute Gasteiger partial charge is 0.380 e. The molecular formula is C23H27N5O4S. The van der Waals surface area contributed by atoms with E-state index in [0.717, 1.165) is 12.3 Å². The maximum Gasteiger partial charge on any atom is 0.304 e. The molecule has 2 aliphatic heterocycles. The highest BCUT2D eigenvalue weighted by Gasteiger charge is 2.37. The molecule has 3 heterocycles. The molecule has 1 aromatic heterocycles. The van der Waals surface area contributed by atoms with Gasteiger partial charge in [-0.2, -0.15) is 4.98 Å². The molecule has 3 aromatic rings. The highest BCUT2D eigenvalue weighted by Crippen LogP contribution is 2.33. The lowest BCUT2D eigenvalue weighted by Gasteiger charge is -2.40. The van der Waals surface area contributed by atoms with Gasteiger partial charge in [-0.05, 0) is 29.8 Å². The molecule has 0 spiro atoms. The van der Waals surface area contributed by atoms with Crippen molar-refractivity contribution < 1.29 is 20.1 Å².